The van der Waals surface area contributed by atoms with Gasteiger partial charge in [-0.1, -0.05) is 0 Å². The molecule has 0 bridgehead atoms. The number of aliphatic hydroxyl groups excluding tert-OH is 1. The van der Waals surface area contributed by atoms with Crippen LogP contribution in [0.25, 0.3) is 0 Å². The van der Waals surface area contributed by atoms with Gasteiger partial charge in [0.15, 0.2) is 23.3 Å². The third-order valence-corrected chi connectivity index (χ3v) is 2.08. The summed E-state index contributed by atoms with van der Waals surface area (Å²) in [5.74, 6) is -6.63. The lowest BCUT2D eigenvalue weighted by molar-refractivity contribution is 0.262. The highest BCUT2D eigenvalue weighted by Crippen LogP contribution is 2.25. The average molecular weight is 226 g/mol. The van der Waals surface area contributed by atoms with Gasteiger partial charge in [0, 0.05) is 11.3 Å². The fourth-order valence-electron chi connectivity index (χ4n) is 1.00. The van der Waals surface area contributed by atoms with Crippen LogP contribution in [0.2, 0.25) is 0 Å². The second-order valence-electron chi connectivity index (χ2n) is 2.53. The Morgan fingerprint density at radius 1 is 0.857 bits per heavy atom. The molecule has 0 saturated carbocycles. The second-order valence-corrected chi connectivity index (χ2v) is 2.85. The van der Waals surface area contributed by atoms with E-state index in [4.69, 9.17) is 5.11 Å². The first-order valence-electron chi connectivity index (χ1n) is 3.60. The lowest BCUT2D eigenvalue weighted by Gasteiger charge is -2.08. The minimum atomic E-state index is -1.57. The van der Waals surface area contributed by atoms with E-state index in [1.54, 1.807) is 0 Å². The van der Waals surface area contributed by atoms with Crippen LogP contribution in [0.5, 0.6) is 0 Å². The van der Waals surface area contributed by atoms with Crippen molar-refractivity contribution in [2.75, 3.05) is 0 Å². The van der Waals surface area contributed by atoms with Crippen molar-refractivity contribution < 1.29 is 22.7 Å². The molecule has 1 aromatic rings. The molecule has 0 unspecified atom stereocenters. The Morgan fingerprint density at radius 2 is 1.21 bits per heavy atom. The summed E-state index contributed by atoms with van der Waals surface area (Å²) in [6.45, 7) is -1.10. The monoisotopic (exact) mass is 226 g/mol. The number of thiol groups is 1. The van der Waals surface area contributed by atoms with E-state index in [1.807, 2.05) is 0 Å². The van der Waals surface area contributed by atoms with E-state index in [1.165, 1.54) is 0 Å². The zero-order valence-corrected chi connectivity index (χ0v) is 7.71. The summed E-state index contributed by atoms with van der Waals surface area (Å²) < 4.78 is 51.7. The maximum Gasteiger partial charge on any atom is 0.167 e. The largest absolute Gasteiger partial charge is 0.391 e. The summed E-state index contributed by atoms with van der Waals surface area (Å²) in [6, 6.07) is 0. The lowest BCUT2D eigenvalue weighted by atomic mass is 10.1. The van der Waals surface area contributed by atoms with Gasteiger partial charge in [0.2, 0.25) is 0 Å². The fourth-order valence-corrected chi connectivity index (χ4v) is 1.28. The first-order chi connectivity index (χ1) is 6.54. The molecule has 0 radical (unpaired) electrons. The molecule has 1 nitrogen and oxygen atoms in total. The first kappa shape index (κ1) is 11.3. The topological polar surface area (TPSA) is 20.2 Å². The number of aliphatic hydroxyl groups is 1. The third-order valence-electron chi connectivity index (χ3n) is 1.76. The van der Waals surface area contributed by atoms with Crippen LogP contribution >= 0.6 is 12.6 Å². The lowest BCUT2D eigenvalue weighted by Crippen LogP contribution is -2.07. The molecule has 0 heterocycles. The maximum atomic E-state index is 12.9. The van der Waals surface area contributed by atoms with E-state index < -0.39 is 46.8 Å². The molecule has 1 N–H and O–H groups in total. The molecule has 6 heteroatoms. The predicted molar refractivity (Wildman–Crippen MR) is 44.9 cm³/mol. The smallest absolute Gasteiger partial charge is 0.167 e. The number of hydrogen-bond acceptors (Lipinski definition) is 2. The molecule has 78 valence electrons. The maximum absolute atomic E-state index is 12.9. The van der Waals surface area contributed by atoms with Crippen LogP contribution in [-0.4, -0.2) is 5.11 Å². The molecule has 0 spiro atoms. The van der Waals surface area contributed by atoms with Crippen molar-refractivity contribution in [1.29, 1.82) is 0 Å². The molecule has 0 aromatic heterocycles. The molecule has 0 aliphatic carbocycles. The molecule has 0 saturated heterocycles. The number of halogens is 4. The molecule has 0 aliphatic heterocycles. The Kier molecular flexibility index (Phi) is 3.38. The van der Waals surface area contributed by atoms with Crippen LogP contribution in [0.1, 0.15) is 11.1 Å². The number of rotatable bonds is 2. The SMILES string of the molecule is OCc1c(F)c(F)c(CS)c(F)c1F. The average Bonchev–Trinajstić information content (AvgIpc) is 2.17. The van der Waals surface area contributed by atoms with E-state index in [2.05, 4.69) is 12.6 Å². The highest BCUT2D eigenvalue weighted by Gasteiger charge is 2.23. The minimum Gasteiger partial charge on any atom is -0.391 e. The standard InChI is InChI=1S/C8H6F4OS/c9-5-3(1-13)6(10)8(12)4(2-14)7(5)11/h13-14H,1-2H2. The van der Waals surface area contributed by atoms with Crippen LogP contribution in [0, 0.1) is 23.3 Å². The highest BCUT2D eigenvalue weighted by molar-refractivity contribution is 7.79. The Labute approximate surface area is 82.8 Å². The summed E-state index contributed by atoms with van der Waals surface area (Å²) in [5.41, 5.74) is -1.79. The molecular weight excluding hydrogens is 220 g/mol. The van der Waals surface area contributed by atoms with Crippen molar-refractivity contribution in [2.45, 2.75) is 12.4 Å². The summed E-state index contributed by atoms with van der Waals surface area (Å²) in [4.78, 5) is 0. The van der Waals surface area contributed by atoms with E-state index in [-0.39, 0.29) is 0 Å². The van der Waals surface area contributed by atoms with Crippen LogP contribution in [-0.2, 0) is 12.4 Å². The quantitative estimate of drug-likeness (QED) is 0.450. The molecule has 1 aromatic carbocycles. The highest BCUT2D eigenvalue weighted by atomic mass is 32.1. The van der Waals surface area contributed by atoms with Gasteiger partial charge in [-0.3, -0.25) is 0 Å². The molecular formula is C8H6F4OS. The van der Waals surface area contributed by atoms with Crippen LogP contribution in [0.15, 0.2) is 0 Å². The van der Waals surface area contributed by atoms with Gasteiger partial charge >= 0.3 is 0 Å². The first-order valence-corrected chi connectivity index (χ1v) is 4.23. The van der Waals surface area contributed by atoms with Crippen LogP contribution in [0.4, 0.5) is 17.6 Å². The van der Waals surface area contributed by atoms with Gasteiger partial charge in [0.25, 0.3) is 0 Å². The van der Waals surface area contributed by atoms with Crippen molar-refractivity contribution >= 4 is 12.6 Å². The molecule has 14 heavy (non-hydrogen) atoms. The Bertz CT molecular complexity index is 303. The molecule has 0 aliphatic rings. The number of hydrogen-bond donors (Lipinski definition) is 2. The fraction of sp³-hybridized carbons (Fsp3) is 0.250. The Balaban J connectivity index is 3.55. The summed E-state index contributed by atoms with van der Waals surface area (Å²) in [7, 11) is 0. The van der Waals surface area contributed by atoms with E-state index in [0.717, 1.165) is 0 Å². The summed E-state index contributed by atoms with van der Waals surface area (Å²) in [5, 5.41) is 8.48. The van der Waals surface area contributed by atoms with E-state index in [0.29, 0.717) is 0 Å². The minimum absolute atomic E-state index is 0.461. The molecule has 0 atom stereocenters. The van der Waals surface area contributed by atoms with Crippen LogP contribution in [0.3, 0.4) is 0 Å². The Hall–Kier alpha value is -0.750. The van der Waals surface area contributed by atoms with Gasteiger partial charge in [-0.05, 0) is 0 Å². The molecule has 0 fully saturated rings. The van der Waals surface area contributed by atoms with Crippen molar-refractivity contribution in [1.82, 2.24) is 0 Å². The van der Waals surface area contributed by atoms with E-state index in [9.17, 15) is 17.6 Å². The second kappa shape index (κ2) is 4.18. The van der Waals surface area contributed by atoms with Crippen molar-refractivity contribution in [3.63, 3.8) is 0 Å². The predicted octanol–water partition coefficient (Wildman–Crippen LogP) is 2.17. The summed E-state index contributed by atoms with van der Waals surface area (Å²) in [6.07, 6.45) is 0. The van der Waals surface area contributed by atoms with Gasteiger partial charge in [0.05, 0.1) is 12.2 Å². The van der Waals surface area contributed by atoms with Gasteiger partial charge in [-0.25, -0.2) is 17.6 Å². The Morgan fingerprint density at radius 3 is 1.50 bits per heavy atom. The summed E-state index contributed by atoms with van der Waals surface area (Å²) >= 11 is 3.53. The normalized spacial score (nSPS) is 10.7. The number of benzene rings is 1. The van der Waals surface area contributed by atoms with E-state index >= 15 is 0 Å². The zero-order valence-electron chi connectivity index (χ0n) is 6.82. The van der Waals surface area contributed by atoms with Gasteiger partial charge in [-0.2, -0.15) is 12.6 Å². The van der Waals surface area contributed by atoms with Gasteiger partial charge < -0.3 is 5.11 Å². The molecule has 0 amide bonds. The van der Waals surface area contributed by atoms with Gasteiger partial charge in [0.1, 0.15) is 0 Å². The third kappa shape index (κ3) is 1.59. The van der Waals surface area contributed by atoms with Gasteiger partial charge in [-0.15, -0.1) is 0 Å². The molecule has 1 rings (SSSR count). The zero-order chi connectivity index (χ0) is 10.9. The van der Waals surface area contributed by atoms with Crippen molar-refractivity contribution in [3.05, 3.63) is 34.4 Å². The van der Waals surface area contributed by atoms with Crippen LogP contribution < -0.4 is 0 Å². The van der Waals surface area contributed by atoms with Crippen molar-refractivity contribution in [2.24, 2.45) is 0 Å². The van der Waals surface area contributed by atoms with Crippen molar-refractivity contribution in [3.8, 4) is 0 Å².